The number of imidazole rings is 1. The minimum atomic E-state index is -0.534. The van der Waals surface area contributed by atoms with Crippen LogP contribution in [0.25, 0.3) is 0 Å². The quantitative estimate of drug-likeness (QED) is 0.775. The molecule has 1 fully saturated rings. The minimum absolute atomic E-state index is 0.00309. The fraction of sp³-hybridized carbons (Fsp3) is 0.600. The number of nitrogens with zero attached hydrogens (tertiary/aromatic N) is 3. The van der Waals surface area contributed by atoms with Crippen LogP contribution < -0.4 is 0 Å². The first kappa shape index (κ1) is 11.4. The van der Waals surface area contributed by atoms with Crippen LogP contribution in [0, 0.1) is 0 Å². The molecule has 1 amide bonds. The van der Waals surface area contributed by atoms with E-state index in [0.29, 0.717) is 25.4 Å². The second-order valence-electron chi connectivity index (χ2n) is 3.88. The van der Waals surface area contributed by atoms with E-state index in [2.05, 4.69) is 4.98 Å². The van der Waals surface area contributed by atoms with Crippen molar-refractivity contribution in [1.29, 1.82) is 0 Å². The molecular formula is C10H14ClN3O2. The van der Waals surface area contributed by atoms with Crippen LogP contribution in [0.4, 0.5) is 0 Å². The lowest BCUT2D eigenvalue weighted by Gasteiger charge is -2.15. The number of hydrogen-bond acceptors (Lipinski definition) is 3. The van der Waals surface area contributed by atoms with E-state index in [1.165, 1.54) is 0 Å². The number of aromatic nitrogens is 2. The molecule has 0 radical (unpaired) electrons. The maximum absolute atomic E-state index is 11.6. The molecule has 1 aliphatic heterocycles. The van der Waals surface area contributed by atoms with Crippen LogP contribution in [0.5, 0.6) is 0 Å². The Morgan fingerprint density at radius 1 is 1.56 bits per heavy atom. The van der Waals surface area contributed by atoms with Gasteiger partial charge in [-0.25, -0.2) is 4.98 Å². The molecule has 1 saturated heterocycles. The molecule has 0 aliphatic carbocycles. The summed E-state index contributed by atoms with van der Waals surface area (Å²) in [5, 5.41) is 9.87. The number of aliphatic hydroxyl groups excluding tert-OH is 1. The van der Waals surface area contributed by atoms with Gasteiger partial charge in [0.25, 0.3) is 0 Å². The van der Waals surface area contributed by atoms with Gasteiger partial charge in [-0.1, -0.05) is 0 Å². The molecule has 0 saturated carbocycles. The van der Waals surface area contributed by atoms with Crippen molar-refractivity contribution in [3.05, 3.63) is 18.7 Å². The largest absolute Gasteiger partial charge is 0.389 e. The van der Waals surface area contributed by atoms with E-state index < -0.39 is 6.10 Å². The van der Waals surface area contributed by atoms with Crippen molar-refractivity contribution in [2.24, 2.45) is 0 Å². The summed E-state index contributed by atoms with van der Waals surface area (Å²) in [5.74, 6) is 0.318. The monoisotopic (exact) mass is 243 g/mol. The first-order chi connectivity index (χ1) is 7.72. The Morgan fingerprint density at radius 3 is 3.00 bits per heavy atom. The zero-order valence-electron chi connectivity index (χ0n) is 8.79. The van der Waals surface area contributed by atoms with Gasteiger partial charge in [0, 0.05) is 37.8 Å². The van der Waals surface area contributed by atoms with Crippen LogP contribution in [0.2, 0.25) is 0 Å². The summed E-state index contributed by atoms with van der Waals surface area (Å²) in [6, 6.07) is -0.0956. The molecule has 2 heterocycles. The van der Waals surface area contributed by atoms with Gasteiger partial charge in [0.05, 0.1) is 18.5 Å². The third kappa shape index (κ3) is 2.20. The average Bonchev–Trinajstić information content (AvgIpc) is 2.86. The molecular weight excluding hydrogens is 230 g/mol. The molecule has 1 aliphatic rings. The number of likely N-dealkylation sites (tertiary alicyclic amines) is 1. The Bertz CT molecular complexity index is 355. The maximum Gasteiger partial charge on any atom is 0.223 e. The lowest BCUT2D eigenvalue weighted by Crippen LogP contribution is -2.29. The lowest BCUT2D eigenvalue weighted by atomic mass is 10.2. The van der Waals surface area contributed by atoms with E-state index in [-0.39, 0.29) is 11.9 Å². The topological polar surface area (TPSA) is 58.4 Å². The molecule has 0 aromatic carbocycles. The zero-order chi connectivity index (χ0) is 11.5. The summed E-state index contributed by atoms with van der Waals surface area (Å²) in [4.78, 5) is 17.2. The Labute approximate surface area is 98.6 Å². The fourth-order valence-corrected chi connectivity index (χ4v) is 2.13. The molecule has 88 valence electrons. The van der Waals surface area contributed by atoms with E-state index in [9.17, 15) is 9.90 Å². The van der Waals surface area contributed by atoms with Gasteiger partial charge in [-0.15, -0.1) is 11.6 Å². The van der Waals surface area contributed by atoms with E-state index in [0.717, 1.165) is 0 Å². The van der Waals surface area contributed by atoms with Crippen LogP contribution in [0.15, 0.2) is 18.7 Å². The summed E-state index contributed by atoms with van der Waals surface area (Å²) in [6.45, 7) is 0.895. The van der Waals surface area contributed by atoms with Gasteiger partial charge in [0.1, 0.15) is 0 Å². The molecule has 0 bridgehead atoms. The summed E-state index contributed by atoms with van der Waals surface area (Å²) in [7, 11) is 0. The predicted molar refractivity (Wildman–Crippen MR) is 59.2 cm³/mol. The standard InChI is InChI=1S/C10H14ClN3O2/c11-2-1-10(16)14-5-8(9(15)6-14)13-4-3-12-7-13/h3-4,7-9,15H,1-2,5-6H2/t8-,9-/m1/s1. The molecule has 2 rings (SSSR count). The number of rotatable bonds is 3. The number of carbonyl (C=O) groups is 1. The molecule has 5 nitrogen and oxygen atoms in total. The van der Waals surface area contributed by atoms with E-state index in [1.54, 1.807) is 23.6 Å². The van der Waals surface area contributed by atoms with Gasteiger partial charge in [-0.2, -0.15) is 0 Å². The molecule has 0 spiro atoms. The molecule has 2 atom stereocenters. The highest BCUT2D eigenvalue weighted by atomic mass is 35.5. The summed E-state index contributed by atoms with van der Waals surface area (Å²) in [5.41, 5.74) is 0. The van der Waals surface area contributed by atoms with Gasteiger partial charge in [-0.3, -0.25) is 4.79 Å². The second kappa shape index (κ2) is 4.84. The Morgan fingerprint density at radius 2 is 2.38 bits per heavy atom. The Balaban J connectivity index is 2.02. The summed E-state index contributed by atoms with van der Waals surface area (Å²) >= 11 is 5.52. The number of β-amino-alcohol motifs (C(OH)–C–C–N with tert-alkyl or cyclic N) is 1. The van der Waals surface area contributed by atoms with Crippen molar-refractivity contribution in [1.82, 2.24) is 14.5 Å². The fourth-order valence-electron chi connectivity index (χ4n) is 1.97. The smallest absolute Gasteiger partial charge is 0.223 e. The second-order valence-corrected chi connectivity index (χ2v) is 4.26. The minimum Gasteiger partial charge on any atom is -0.389 e. The van der Waals surface area contributed by atoms with Crippen molar-refractivity contribution in [2.75, 3.05) is 19.0 Å². The molecule has 1 N–H and O–H groups in total. The Kier molecular flexibility index (Phi) is 3.46. The van der Waals surface area contributed by atoms with Crippen LogP contribution >= 0.6 is 11.6 Å². The number of amides is 1. The summed E-state index contributed by atoms with van der Waals surface area (Å²) < 4.78 is 1.83. The zero-order valence-corrected chi connectivity index (χ0v) is 9.55. The number of halogens is 1. The van der Waals surface area contributed by atoms with E-state index >= 15 is 0 Å². The number of alkyl halides is 1. The van der Waals surface area contributed by atoms with Crippen molar-refractivity contribution >= 4 is 17.5 Å². The van der Waals surface area contributed by atoms with Gasteiger partial charge >= 0.3 is 0 Å². The van der Waals surface area contributed by atoms with Crippen molar-refractivity contribution < 1.29 is 9.90 Å². The first-order valence-corrected chi connectivity index (χ1v) is 5.75. The normalized spacial score (nSPS) is 25.0. The predicted octanol–water partition coefficient (Wildman–Crippen LogP) is 0.256. The van der Waals surface area contributed by atoms with Crippen LogP contribution in [-0.4, -0.2) is 50.5 Å². The lowest BCUT2D eigenvalue weighted by molar-refractivity contribution is -0.130. The van der Waals surface area contributed by atoms with Gasteiger partial charge in [0.15, 0.2) is 0 Å². The van der Waals surface area contributed by atoms with Crippen molar-refractivity contribution in [2.45, 2.75) is 18.6 Å². The number of carbonyl (C=O) groups excluding carboxylic acids is 1. The number of aliphatic hydroxyl groups is 1. The maximum atomic E-state index is 11.6. The molecule has 1 aromatic heterocycles. The molecule has 0 unspecified atom stereocenters. The van der Waals surface area contributed by atoms with Crippen molar-refractivity contribution in [3.63, 3.8) is 0 Å². The molecule has 6 heteroatoms. The first-order valence-electron chi connectivity index (χ1n) is 5.21. The van der Waals surface area contributed by atoms with E-state index in [1.807, 2.05) is 4.57 Å². The average molecular weight is 244 g/mol. The third-order valence-corrected chi connectivity index (χ3v) is 3.02. The van der Waals surface area contributed by atoms with Crippen LogP contribution in [0.3, 0.4) is 0 Å². The third-order valence-electron chi connectivity index (χ3n) is 2.83. The van der Waals surface area contributed by atoms with Crippen LogP contribution in [-0.2, 0) is 4.79 Å². The highest BCUT2D eigenvalue weighted by Crippen LogP contribution is 2.22. The summed E-state index contributed by atoms with van der Waals surface area (Å²) in [6.07, 6.45) is 4.90. The van der Waals surface area contributed by atoms with Crippen LogP contribution in [0.1, 0.15) is 12.5 Å². The highest BCUT2D eigenvalue weighted by molar-refractivity contribution is 6.18. The van der Waals surface area contributed by atoms with Gasteiger partial charge < -0.3 is 14.6 Å². The Hall–Kier alpha value is -1.07. The van der Waals surface area contributed by atoms with E-state index in [4.69, 9.17) is 11.6 Å². The van der Waals surface area contributed by atoms with Gasteiger partial charge in [-0.05, 0) is 0 Å². The number of hydrogen-bond donors (Lipinski definition) is 1. The highest BCUT2D eigenvalue weighted by Gasteiger charge is 2.34. The van der Waals surface area contributed by atoms with Crippen molar-refractivity contribution in [3.8, 4) is 0 Å². The molecule has 16 heavy (non-hydrogen) atoms. The van der Waals surface area contributed by atoms with Gasteiger partial charge in [0.2, 0.25) is 5.91 Å². The molecule has 1 aromatic rings. The SMILES string of the molecule is O=C(CCCl)N1C[C@@H](O)[C@H](n2ccnc2)C1.